The van der Waals surface area contributed by atoms with Crippen LogP contribution in [0.3, 0.4) is 0 Å². The topological polar surface area (TPSA) is 98.0 Å². The van der Waals surface area contributed by atoms with Crippen LogP contribution in [0.5, 0.6) is 17.2 Å². The van der Waals surface area contributed by atoms with Gasteiger partial charge in [-0.3, -0.25) is 4.79 Å². The van der Waals surface area contributed by atoms with Crippen LogP contribution < -0.4 is 14.2 Å². The Balaban J connectivity index is 1.28. The summed E-state index contributed by atoms with van der Waals surface area (Å²) in [7, 11) is 0. The van der Waals surface area contributed by atoms with Crippen molar-refractivity contribution < 1.29 is 28.8 Å². The monoisotopic (exact) mass is 539 g/mol. The van der Waals surface area contributed by atoms with Crippen LogP contribution >= 0.6 is 0 Å². The number of nitriles is 1. The summed E-state index contributed by atoms with van der Waals surface area (Å²) in [6.07, 6.45) is 3.49. The molecule has 3 aliphatic rings. The summed E-state index contributed by atoms with van der Waals surface area (Å²) in [5, 5.41) is 19.1. The van der Waals surface area contributed by atoms with Crippen molar-refractivity contribution in [2.24, 2.45) is 0 Å². The van der Waals surface area contributed by atoms with E-state index in [9.17, 15) is 15.2 Å². The Kier molecular flexibility index (Phi) is 7.12. The maximum Gasteiger partial charge on any atom is 0.304 e. The van der Waals surface area contributed by atoms with E-state index in [1.54, 1.807) is 0 Å². The lowest BCUT2D eigenvalue weighted by molar-refractivity contribution is -0.137. The highest BCUT2D eigenvalue weighted by Crippen LogP contribution is 2.45. The largest absolute Gasteiger partial charge is 0.492 e. The van der Waals surface area contributed by atoms with Gasteiger partial charge in [-0.1, -0.05) is 6.07 Å². The summed E-state index contributed by atoms with van der Waals surface area (Å²) in [6, 6.07) is 16.2. The quantitative estimate of drug-likeness (QED) is 0.370. The Morgan fingerprint density at radius 3 is 2.50 bits per heavy atom. The molecule has 0 aromatic heterocycles. The molecule has 2 atom stereocenters. The molecule has 7 nitrogen and oxygen atoms in total. The number of rotatable bonds is 7. The predicted octanol–water partition coefficient (Wildman–Crippen LogP) is 6.42. The number of carboxylic acid groups (broad SMARTS) is 1. The fourth-order valence-electron chi connectivity index (χ4n) is 6.38. The maximum absolute atomic E-state index is 11.2. The van der Waals surface area contributed by atoms with E-state index in [1.807, 2.05) is 30.3 Å². The van der Waals surface area contributed by atoms with Crippen LogP contribution in [0.25, 0.3) is 11.1 Å². The summed E-state index contributed by atoms with van der Waals surface area (Å²) in [5.74, 6) is 1.26. The molecule has 0 radical (unpaired) electrons. The molecule has 206 valence electrons. The number of carboxylic acids is 1. The molecule has 1 fully saturated rings. The van der Waals surface area contributed by atoms with Crippen molar-refractivity contribution in [2.75, 3.05) is 19.8 Å². The van der Waals surface area contributed by atoms with Crippen molar-refractivity contribution in [1.82, 2.24) is 0 Å². The van der Waals surface area contributed by atoms with Gasteiger partial charge in [0.1, 0.15) is 29.5 Å². The number of carbonyl (C=O) groups is 1. The van der Waals surface area contributed by atoms with E-state index in [0.29, 0.717) is 23.7 Å². The molecule has 0 bridgehead atoms. The van der Waals surface area contributed by atoms with Gasteiger partial charge in [-0.15, -0.1) is 0 Å². The number of nitrogens with zero attached hydrogens (tertiary/aromatic N) is 1. The molecule has 3 aromatic carbocycles. The van der Waals surface area contributed by atoms with Gasteiger partial charge in [0, 0.05) is 30.4 Å². The number of hydrogen-bond acceptors (Lipinski definition) is 6. The van der Waals surface area contributed by atoms with Crippen LogP contribution in [0.2, 0.25) is 0 Å². The van der Waals surface area contributed by atoms with Crippen molar-refractivity contribution in [3.8, 4) is 34.4 Å². The highest BCUT2D eigenvalue weighted by atomic mass is 16.5. The number of ether oxygens (including phenoxy) is 4. The number of aryl methyl sites for hydroxylation is 2. The number of benzene rings is 3. The number of aliphatic carboxylic acids is 1. The number of hydrogen-bond donors (Lipinski definition) is 1. The molecule has 1 saturated heterocycles. The molecule has 0 amide bonds. The minimum Gasteiger partial charge on any atom is -0.492 e. The molecule has 0 spiro atoms. The predicted molar refractivity (Wildman–Crippen MR) is 149 cm³/mol. The standard InChI is InChI=1S/C33H33NO6/c1-19-11-25(39-23-7-9-37-10-8-23)12-20(2)33(19)29-14-21(17-34)13-28-27(29)5-6-30(28)40-24-3-4-26-22(15-32(35)36)18-38-31(26)16-24/h3-4,11-14,16,22-23,30H,5-10,15,18H2,1-2H3,(H,35,36)/t22?,30-/m1/s1. The first-order valence-electron chi connectivity index (χ1n) is 14.0. The third-order valence-electron chi connectivity index (χ3n) is 8.23. The SMILES string of the molecule is Cc1cc(OC2CCOCC2)cc(C)c1-c1cc(C#N)cc2c1CC[C@H]2Oc1ccc2c(c1)OCC2CC(=O)O. The first-order valence-corrected chi connectivity index (χ1v) is 14.0. The van der Waals surface area contributed by atoms with Crippen molar-refractivity contribution in [1.29, 1.82) is 5.26 Å². The second-order valence-corrected chi connectivity index (χ2v) is 11.0. The fourth-order valence-corrected chi connectivity index (χ4v) is 6.38. The first-order chi connectivity index (χ1) is 19.4. The van der Waals surface area contributed by atoms with Crippen LogP contribution in [0.1, 0.15) is 71.1 Å². The fraction of sp³-hybridized carbons (Fsp3) is 0.394. The third kappa shape index (κ3) is 5.12. The van der Waals surface area contributed by atoms with Gasteiger partial charge in [-0.2, -0.15) is 5.26 Å². The summed E-state index contributed by atoms with van der Waals surface area (Å²) >= 11 is 0. The molecule has 2 aliphatic heterocycles. The highest BCUT2D eigenvalue weighted by molar-refractivity contribution is 5.78. The van der Waals surface area contributed by atoms with Gasteiger partial charge in [-0.25, -0.2) is 0 Å². The van der Waals surface area contributed by atoms with Crippen molar-refractivity contribution in [3.63, 3.8) is 0 Å². The minimum absolute atomic E-state index is 0.0460. The molecule has 0 saturated carbocycles. The van der Waals surface area contributed by atoms with Crippen LogP contribution in [-0.4, -0.2) is 37.0 Å². The molecule has 3 aromatic rings. The van der Waals surface area contributed by atoms with Crippen molar-refractivity contribution >= 4 is 5.97 Å². The van der Waals surface area contributed by atoms with Crippen molar-refractivity contribution in [2.45, 2.75) is 64.1 Å². The lowest BCUT2D eigenvalue weighted by Gasteiger charge is -2.24. The van der Waals surface area contributed by atoms with Gasteiger partial charge in [0.05, 0.1) is 37.9 Å². The van der Waals surface area contributed by atoms with E-state index in [1.165, 1.54) is 5.56 Å². The molecule has 6 rings (SSSR count). The maximum atomic E-state index is 11.2. The zero-order valence-corrected chi connectivity index (χ0v) is 22.9. The van der Waals surface area contributed by atoms with E-state index >= 15 is 0 Å². The second kappa shape index (κ2) is 10.9. The lowest BCUT2D eigenvalue weighted by Crippen LogP contribution is -2.25. The average molecular weight is 540 g/mol. The zero-order valence-electron chi connectivity index (χ0n) is 22.9. The van der Waals surface area contributed by atoms with E-state index in [-0.39, 0.29) is 24.5 Å². The van der Waals surface area contributed by atoms with Crippen LogP contribution in [0, 0.1) is 25.2 Å². The molecule has 40 heavy (non-hydrogen) atoms. The van der Waals surface area contributed by atoms with Crippen molar-refractivity contribution in [3.05, 3.63) is 75.8 Å². The lowest BCUT2D eigenvalue weighted by atomic mass is 9.89. The molecule has 7 heteroatoms. The Hall–Kier alpha value is -4.02. The average Bonchev–Trinajstić information content (AvgIpc) is 3.52. The van der Waals surface area contributed by atoms with Gasteiger partial charge in [0.2, 0.25) is 0 Å². The van der Waals surface area contributed by atoms with E-state index in [2.05, 4.69) is 32.0 Å². The van der Waals surface area contributed by atoms with E-state index < -0.39 is 5.97 Å². The Morgan fingerprint density at radius 1 is 1.00 bits per heavy atom. The Labute approximate surface area is 234 Å². The summed E-state index contributed by atoms with van der Waals surface area (Å²) in [6.45, 7) is 6.05. The molecule has 1 unspecified atom stereocenters. The highest BCUT2D eigenvalue weighted by Gasteiger charge is 2.31. The zero-order chi connectivity index (χ0) is 27.8. The summed E-state index contributed by atoms with van der Waals surface area (Å²) in [4.78, 5) is 11.2. The second-order valence-electron chi connectivity index (χ2n) is 11.0. The van der Waals surface area contributed by atoms with Gasteiger partial charge < -0.3 is 24.1 Å². The molecule has 2 heterocycles. The Bertz CT molecular complexity index is 1480. The normalized spacial score (nSPS) is 19.8. The van der Waals surface area contributed by atoms with Gasteiger partial charge in [0.15, 0.2) is 0 Å². The van der Waals surface area contributed by atoms with E-state index in [0.717, 1.165) is 78.0 Å². The first kappa shape index (κ1) is 26.2. The molecule has 1 aliphatic carbocycles. The van der Waals surface area contributed by atoms with Crippen LogP contribution in [0.4, 0.5) is 0 Å². The van der Waals surface area contributed by atoms with Crippen LogP contribution in [0.15, 0.2) is 42.5 Å². The Morgan fingerprint density at radius 2 is 1.77 bits per heavy atom. The van der Waals surface area contributed by atoms with Crippen LogP contribution in [-0.2, 0) is 16.0 Å². The molecule has 1 N–H and O–H groups in total. The number of fused-ring (bicyclic) bond motifs is 2. The summed E-state index contributed by atoms with van der Waals surface area (Å²) < 4.78 is 24.0. The smallest absolute Gasteiger partial charge is 0.304 e. The molecular formula is C33H33NO6. The van der Waals surface area contributed by atoms with Gasteiger partial charge in [-0.05, 0) is 90.4 Å². The summed E-state index contributed by atoms with van der Waals surface area (Å²) in [5.41, 5.74) is 8.24. The van der Waals surface area contributed by atoms with Gasteiger partial charge in [0.25, 0.3) is 0 Å². The minimum atomic E-state index is -0.833. The third-order valence-corrected chi connectivity index (χ3v) is 8.23. The van der Waals surface area contributed by atoms with Gasteiger partial charge >= 0.3 is 5.97 Å². The van der Waals surface area contributed by atoms with E-state index in [4.69, 9.17) is 18.9 Å². The molecular weight excluding hydrogens is 506 g/mol.